The summed E-state index contributed by atoms with van der Waals surface area (Å²) in [6, 6.07) is 7.71. The van der Waals surface area contributed by atoms with Crippen molar-refractivity contribution < 1.29 is 9.59 Å². The van der Waals surface area contributed by atoms with Crippen LogP contribution in [0.5, 0.6) is 0 Å². The molecule has 0 radical (unpaired) electrons. The van der Waals surface area contributed by atoms with Crippen LogP contribution in [0, 0.1) is 12.8 Å². The maximum Gasteiger partial charge on any atom is 0.321 e. The van der Waals surface area contributed by atoms with Crippen LogP contribution in [-0.2, 0) is 4.79 Å². The Morgan fingerprint density at radius 1 is 0.917 bits per heavy atom. The molecular weight excluding hydrogens is 302 g/mol. The van der Waals surface area contributed by atoms with Gasteiger partial charge >= 0.3 is 6.03 Å². The molecule has 5 nitrogen and oxygen atoms in total. The SMILES string of the molecule is Cc1ccc(NC(=O)N2CCN(C(=O)C3CCCCC3)CC2)cc1. The summed E-state index contributed by atoms with van der Waals surface area (Å²) in [5.74, 6) is 0.514. The number of piperazine rings is 1. The number of amides is 3. The van der Waals surface area contributed by atoms with Crippen molar-refractivity contribution in [3.05, 3.63) is 29.8 Å². The first-order valence-electron chi connectivity index (χ1n) is 9.05. The summed E-state index contributed by atoms with van der Waals surface area (Å²) < 4.78 is 0. The van der Waals surface area contributed by atoms with E-state index in [1.165, 1.54) is 24.8 Å². The third kappa shape index (κ3) is 4.08. The molecule has 1 aliphatic carbocycles. The molecule has 1 aliphatic heterocycles. The maximum atomic E-state index is 12.6. The van der Waals surface area contributed by atoms with Crippen molar-refractivity contribution in [2.45, 2.75) is 39.0 Å². The second-order valence-electron chi connectivity index (χ2n) is 6.94. The monoisotopic (exact) mass is 329 g/mol. The van der Waals surface area contributed by atoms with E-state index in [1.54, 1.807) is 4.90 Å². The van der Waals surface area contributed by atoms with Crippen LogP contribution in [0.4, 0.5) is 10.5 Å². The molecule has 1 heterocycles. The predicted molar refractivity (Wildman–Crippen MR) is 94.9 cm³/mol. The summed E-state index contributed by atoms with van der Waals surface area (Å²) in [5, 5.41) is 2.93. The average molecular weight is 329 g/mol. The molecule has 0 atom stereocenters. The molecular formula is C19H27N3O2. The maximum absolute atomic E-state index is 12.6. The van der Waals surface area contributed by atoms with Crippen LogP contribution in [0.25, 0.3) is 0 Å². The first-order chi connectivity index (χ1) is 11.6. The zero-order valence-corrected chi connectivity index (χ0v) is 14.5. The van der Waals surface area contributed by atoms with Gasteiger partial charge in [-0.15, -0.1) is 0 Å². The van der Waals surface area contributed by atoms with Crippen LogP contribution in [0.2, 0.25) is 0 Å². The van der Waals surface area contributed by atoms with Crippen LogP contribution in [0.1, 0.15) is 37.7 Å². The molecule has 130 valence electrons. The molecule has 0 aromatic heterocycles. The van der Waals surface area contributed by atoms with E-state index in [1.807, 2.05) is 36.1 Å². The van der Waals surface area contributed by atoms with E-state index in [2.05, 4.69) is 5.32 Å². The number of nitrogens with one attached hydrogen (secondary N) is 1. The first-order valence-corrected chi connectivity index (χ1v) is 9.05. The minimum absolute atomic E-state index is 0.0800. The Balaban J connectivity index is 1.48. The number of hydrogen-bond acceptors (Lipinski definition) is 2. The van der Waals surface area contributed by atoms with Gasteiger partial charge in [0.15, 0.2) is 0 Å². The zero-order valence-electron chi connectivity index (χ0n) is 14.5. The van der Waals surface area contributed by atoms with Gasteiger partial charge in [-0.3, -0.25) is 4.79 Å². The Morgan fingerprint density at radius 3 is 2.12 bits per heavy atom. The van der Waals surface area contributed by atoms with Crippen molar-refractivity contribution in [2.24, 2.45) is 5.92 Å². The lowest BCUT2D eigenvalue weighted by atomic mass is 9.88. The second-order valence-corrected chi connectivity index (χ2v) is 6.94. The summed E-state index contributed by atoms with van der Waals surface area (Å²) in [6.07, 6.45) is 5.68. The molecule has 1 aromatic carbocycles. The van der Waals surface area contributed by atoms with Gasteiger partial charge in [-0.05, 0) is 31.9 Å². The van der Waals surface area contributed by atoms with Crippen molar-refractivity contribution >= 4 is 17.6 Å². The Kier molecular flexibility index (Phi) is 5.38. The summed E-state index contributed by atoms with van der Waals surface area (Å²) in [5.41, 5.74) is 1.98. The summed E-state index contributed by atoms with van der Waals surface area (Å²) in [4.78, 5) is 28.6. The van der Waals surface area contributed by atoms with E-state index in [4.69, 9.17) is 0 Å². The van der Waals surface area contributed by atoms with Gasteiger partial charge in [-0.1, -0.05) is 37.0 Å². The van der Waals surface area contributed by atoms with Gasteiger partial charge in [0, 0.05) is 37.8 Å². The highest BCUT2D eigenvalue weighted by molar-refractivity contribution is 5.89. The second kappa shape index (κ2) is 7.69. The third-order valence-electron chi connectivity index (χ3n) is 5.14. The highest BCUT2D eigenvalue weighted by atomic mass is 16.2. The highest BCUT2D eigenvalue weighted by Crippen LogP contribution is 2.25. The largest absolute Gasteiger partial charge is 0.339 e. The molecule has 3 amide bonds. The van der Waals surface area contributed by atoms with Crippen LogP contribution < -0.4 is 5.32 Å². The van der Waals surface area contributed by atoms with Crippen LogP contribution >= 0.6 is 0 Å². The molecule has 1 saturated heterocycles. The molecule has 5 heteroatoms. The first kappa shape index (κ1) is 16.8. The molecule has 3 rings (SSSR count). The number of carbonyl (C=O) groups excluding carboxylic acids is 2. The van der Waals surface area contributed by atoms with Crippen molar-refractivity contribution in [3.63, 3.8) is 0 Å². The van der Waals surface area contributed by atoms with Gasteiger partial charge in [-0.25, -0.2) is 4.79 Å². The van der Waals surface area contributed by atoms with Gasteiger partial charge in [0.2, 0.25) is 5.91 Å². The fourth-order valence-corrected chi connectivity index (χ4v) is 3.58. The van der Waals surface area contributed by atoms with Gasteiger partial charge in [0.05, 0.1) is 0 Å². The Bertz CT molecular complexity index is 571. The Morgan fingerprint density at radius 2 is 1.50 bits per heavy atom. The van der Waals surface area contributed by atoms with Crippen LogP contribution in [0.15, 0.2) is 24.3 Å². The van der Waals surface area contributed by atoms with Crippen molar-refractivity contribution in [2.75, 3.05) is 31.5 Å². The highest BCUT2D eigenvalue weighted by Gasteiger charge is 2.29. The van der Waals surface area contributed by atoms with Crippen LogP contribution in [0.3, 0.4) is 0 Å². The van der Waals surface area contributed by atoms with Gasteiger partial charge in [-0.2, -0.15) is 0 Å². The lowest BCUT2D eigenvalue weighted by Crippen LogP contribution is -2.53. The fourth-order valence-electron chi connectivity index (χ4n) is 3.58. The number of urea groups is 1. The minimum Gasteiger partial charge on any atom is -0.339 e. The number of anilines is 1. The van der Waals surface area contributed by atoms with E-state index in [-0.39, 0.29) is 11.9 Å². The van der Waals surface area contributed by atoms with E-state index in [0.29, 0.717) is 32.1 Å². The van der Waals surface area contributed by atoms with E-state index in [0.717, 1.165) is 18.5 Å². The quantitative estimate of drug-likeness (QED) is 0.905. The van der Waals surface area contributed by atoms with Gasteiger partial charge < -0.3 is 15.1 Å². The number of benzene rings is 1. The van der Waals surface area contributed by atoms with Crippen LogP contribution in [-0.4, -0.2) is 47.9 Å². The topological polar surface area (TPSA) is 52.7 Å². The predicted octanol–water partition coefficient (Wildman–Crippen LogP) is 3.25. The molecule has 1 N–H and O–H groups in total. The molecule has 24 heavy (non-hydrogen) atoms. The van der Waals surface area contributed by atoms with E-state index < -0.39 is 0 Å². The number of aryl methyl sites for hydroxylation is 1. The summed E-state index contributed by atoms with van der Waals surface area (Å²) >= 11 is 0. The fraction of sp³-hybridized carbons (Fsp3) is 0.579. The molecule has 2 aliphatic rings. The Hall–Kier alpha value is -2.04. The molecule has 0 unspecified atom stereocenters. The number of hydrogen-bond donors (Lipinski definition) is 1. The van der Waals surface area contributed by atoms with Crippen molar-refractivity contribution in [1.29, 1.82) is 0 Å². The molecule has 1 aromatic rings. The smallest absolute Gasteiger partial charge is 0.321 e. The average Bonchev–Trinajstić information content (AvgIpc) is 2.64. The lowest BCUT2D eigenvalue weighted by Gasteiger charge is -2.37. The molecule has 0 bridgehead atoms. The zero-order chi connectivity index (χ0) is 16.9. The Labute approximate surface area is 144 Å². The molecule has 2 fully saturated rings. The van der Waals surface area contributed by atoms with Crippen molar-refractivity contribution in [3.8, 4) is 0 Å². The van der Waals surface area contributed by atoms with Crippen molar-refractivity contribution in [1.82, 2.24) is 9.80 Å². The third-order valence-corrected chi connectivity index (χ3v) is 5.14. The minimum atomic E-state index is -0.0800. The van der Waals surface area contributed by atoms with E-state index >= 15 is 0 Å². The standard InChI is InChI=1S/C19H27N3O2/c1-15-7-9-17(10-8-15)20-19(24)22-13-11-21(12-14-22)18(23)16-5-3-2-4-6-16/h7-10,16H,2-6,11-14H2,1H3,(H,20,24). The number of nitrogens with zero attached hydrogens (tertiary/aromatic N) is 2. The number of carbonyl (C=O) groups is 2. The summed E-state index contributed by atoms with van der Waals surface area (Å²) in [7, 11) is 0. The van der Waals surface area contributed by atoms with E-state index in [9.17, 15) is 9.59 Å². The molecule has 1 saturated carbocycles. The summed E-state index contributed by atoms with van der Waals surface area (Å²) in [6.45, 7) is 4.54. The lowest BCUT2D eigenvalue weighted by molar-refractivity contribution is -0.137. The molecule has 0 spiro atoms. The van der Waals surface area contributed by atoms with Gasteiger partial charge in [0.25, 0.3) is 0 Å². The van der Waals surface area contributed by atoms with Gasteiger partial charge in [0.1, 0.15) is 0 Å². The number of rotatable bonds is 2. The normalized spacial score (nSPS) is 19.2.